The zero-order valence-corrected chi connectivity index (χ0v) is 13.9. The predicted octanol–water partition coefficient (Wildman–Crippen LogP) is 2.85. The number of amides is 2. The lowest BCUT2D eigenvalue weighted by Gasteiger charge is -2.21. The smallest absolute Gasteiger partial charge is 0.224 e. The van der Waals surface area contributed by atoms with Crippen LogP contribution in [0.2, 0.25) is 0 Å². The fraction of sp³-hybridized carbons (Fsp3) is 0.263. The Morgan fingerprint density at radius 2 is 1.88 bits per heavy atom. The van der Waals surface area contributed by atoms with E-state index in [1.165, 1.54) is 13.0 Å². The summed E-state index contributed by atoms with van der Waals surface area (Å²) in [6.07, 6.45) is -0.0167. The summed E-state index contributed by atoms with van der Waals surface area (Å²) >= 11 is 0. The van der Waals surface area contributed by atoms with Gasteiger partial charge in [0.1, 0.15) is 5.82 Å². The Morgan fingerprint density at radius 3 is 2.54 bits per heavy atom. The number of hydrogen-bond acceptors (Lipinski definition) is 2. The summed E-state index contributed by atoms with van der Waals surface area (Å²) in [6.45, 7) is 4.12. The Kier molecular flexibility index (Phi) is 6.07. The van der Waals surface area contributed by atoms with E-state index in [2.05, 4.69) is 5.32 Å². The van der Waals surface area contributed by atoms with Gasteiger partial charge in [-0.25, -0.2) is 4.39 Å². The number of nitrogens with one attached hydrogen (secondary N) is 1. The van der Waals surface area contributed by atoms with E-state index in [4.69, 9.17) is 0 Å². The summed E-state index contributed by atoms with van der Waals surface area (Å²) in [6, 6.07) is 13.8. The van der Waals surface area contributed by atoms with Crippen molar-refractivity contribution in [3.63, 3.8) is 0 Å². The SMILES string of the molecule is CC(=O)N(CCNC(=O)Cc1ccccc1F)c1cccc(C)c1. The second-order valence-corrected chi connectivity index (χ2v) is 5.63. The molecule has 0 aliphatic rings. The number of carbonyl (C=O) groups is 2. The van der Waals surface area contributed by atoms with Gasteiger partial charge in [0.05, 0.1) is 6.42 Å². The van der Waals surface area contributed by atoms with Gasteiger partial charge in [0.2, 0.25) is 11.8 Å². The quantitative estimate of drug-likeness (QED) is 0.886. The van der Waals surface area contributed by atoms with Gasteiger partial charge < -0.3 is 10.2 Å². The maximum Gasteiger partial charge on any atom is 0.224 e. The van der Waals surface area contributed by atoms with Gasteiger partial charge in [-0.05, 0) is 36.2 Å². The van der Waals surface area contributed by atoms with Crippen molar-refractivity contribution < 1.29 is 14.0 Å². The summed E-state index contributed by atoms with van der Waals surface area (Å²) in [5.41, 5.74) is 2.21. The van der Waals surface area contributed by atoms with E-state index in [0.717, 1.165) is 11.3 Å². The van der Waals surface area contributed by atoms with E-state index in [9.17, 15) is 14.0 Å². The Labute approximate surface area is 141 Å². The minimum Gasteiger partial charge on any atom is -0.354 e. The van der Waals surface area contributed by atoms with E-state index in [0.29, 0.717) is 18.7 Å². The molecule has 0 unspecified atom stereocenters. The summed E-state index contributed by atoms with van der Waals surface area (Å²) < 4.78 is 13.5. The highest BCUT2D eigenvalue weighted by atomic mass is 19.1. The molecular formula is C19H21FN2O2. The molecule has 2 rings (SSSR count). The minimum atomic E-state index is -0.391. The lowest BCUT2D eigenvalue weighted by molar-refractivity contribution is -0.121. The molecule has 0 spiro atoms. The van der Waals surface area contributed by atoms with Crippen LogP contribution in [0, 0.1) is 12.7 Å². The van der Waals surface area contributed by atoms with Gasteiger partial charge in [0, 0.05) is 25.7 Å². The average molecular weight is 328 g/mol. The highest BCUT2D eigenvalue weighted by Crippen LogP contribution is 2.15. The molecule has 0 saturated carbocycles. The van der Waals surface area contributed by atoms with Crippen LogP contribution in [-0.4, -0.2) is 24.9 Å². The van der Waals surface area contributed by atoms with Crippen molar-refractivity contribution >= 4 is 17.5 Å². The monoisotopic (exact) mass is 328 g/mol. The number of carbonyl (C=O) groups excluding carboxylic acids is 2. The number of hydrogen-bond donors (Lipinski definition) is 1. The number of halogens is 1. The molecule has 0 radical (unpaired) electrons. The van der Waals surface area contributed by atoms with Crippen LogP contribution in [0.25, 0.3) is 0 Å². The molecule has 0 aliphatic carbocycles. The number of nitrogens with zero attached hydrogens (tertiary/aromatic N) is 1. The fourth-order valence-corrected chi connectivity index (χ4v) is 2.45. The normalized spacial score (nSPS) is 10.3. The standard InChI is InChI=1S/C19H21FN2O2/c1-14-6-5-8-17(12-14)22(15(2)23)11-10-21-19(24)13-16-7-3-4-9-18(16)20/h3-9,12H,10-11,13H2,1-2H3,(H,21,24). The molecule has 4 nitrogen and oxygen atoms in total. The van der Waals surface area contributed by atoms with Crippen LogP contribution in [0.5, 0.6) is 0 Å². The molecular weight excluding hydrogens is 307 g/mol. The second kappa shape index (κ2) is 8.24. The molecule has 1 N–H and O–H groups in total. The molecule has 0 bridgehead atoms. The fourth-order valence-electron chi connectivity index (χ4n) is 2.45. The molecule has 2 aromatic rings. The van der Waals surface area contributed by atoms with Gasteiger partial charge in [0.15, 0.2) is 0 Å². The molecule has 0 aromatic heterocycles. The lowest BCUT2D eigenvalue weighted by atomic mass is 10.1. The van der Waals surface area contributed by atoms with Crippen molar-refractivity contribution in [3.05, 3.63) is 65.5 Å². The molecule has 126 valence electrons. The second-order valence-electron chi connectivity index (χ2n) is 5.63. The number of rotatable bonds is 6. The third-order valence-electron chi connectivity index (χ3n) is 3.66. The maximum absolute atomic E-state index is 13.5. The third kappa shape index (κ3) is 4.91. The average Bonchev–Trinajstić information content (AvgIpc) is 2.53. The molecule has 0 fully saturated rings. The minimum absolute atomic E-state index is 0.0167. The lowest BCUT2D eigenvalue weighted by Crippen LogP contribution is -2.38. The Bertz CT molecular complexity index is 731. The van der Waals surface area contributed by atoms with Crippen molar-refractivity contribution in [1.29, 1.82) is 0 Å². The van der Waals surface area contributed by atoms with E-state index in [1.807, 2.05) is 31.2 Å². The number of anilines is 1. The molecule has 5 heteroatoms. The molecule has 2 aromatic carbocycles. The van der Waals surface area contributed by atoms with E-state index in [-0.39, 0.29) is 18.2 Å². The highest BCUT2D eigenvalue weighted by molar-refractivity contribution is 5.91. The van der Waals surface area contributed by atoms with Crippen molar-refractivity contribution in [3.8, 4) is 0 Å². The Balaban J connectivity index is 1.90. The van der Waals surface area contributed by atoms with Gasteiger partial charge >= 0.3 is 0 Å². The topological polar surface area (TPSA) is 49.4 Å². The molecule has 0 aliphatic heterocycles. The molecule has 24 heavy (non-hydrogen) atoms. The van der Waals surface area contributed by atoms with Gasteiger partial charge in [0.25, 0.3) is 0 Å². The zero-order valence-electron chi connectivity index (χ0n) is 13.9. The van der Waals surface area contributed by atoms with Crippen LogP contribution < -0.4 is 10.2 Å². The van der Waals surface area contributed by atoms with E-state index < -0.39 is 5.82 Å². The molecule has 2 amide bonds. The van der Waals surface area contributed by atoms with Crippen LogP contribution in [-0.2, 0) is 16.0 Å². The first kappa shape index (κ1) is 17.7. The number of aryl methyl sites for hydroxylation is 1. The Morgan fingerprint density at radius 1 is 1.12 bits per heavy atom. The van der Waals surface area contributed by atoms with Crippen molar-refractivity contribution in [2.24, 2.45) is 0 Å². The van der Waals surface area contributed by atoms with Crippen molar-refractivity contribution in [1.82, 2.24) is 5.32 Å². The first-order valence-electron chi connectivity index (χ1n) is 7.82. The van der Waals surface area contributed by atoms with Gasteiger partial charge in [-0.1, -0.05) is 30.3 Å². The first-order chi connectivity index (χ1) is 11.5. The molecule has 0 atom stereocenters. The largest absolute Gasteiger partial charge is 0.354 e. The highest BCUT2D eigenvalue weighted by Gasteiger charge is 2.12. The van der Waals surface area contributed by atoms with Crippen LogP contribution >= 0.6 is 0 Å². The molecule has 0 saturated heterocycles. The number of benzene rings is 2. The van der Waals surface area contributed by atoms with Gasteiger partial charge in [-0.3, -0.25) is 9.59 Å². The van der Waals surface area contributed by atoms with Crippen LogP contribution in [0.3, 0.4) is 0 Å². The zero-order chi connectivity index (χ0) is 17.5. The van der Waals surface area contributed by atoms with E-state index >= 15 is 0 Å². The van der Waals surface area contributed by atoms with Gasteiger partial charge in [-0.2, -0.15) is 0 Å². The molecule has 0 heterocycles. The maximum atomic E-state index is 13.5. The predicted molar refractivity (Wildman–Crippen MR) is 92.3 cm³/mol. The summed E-state index contributed by atoms with van der Waals surface area (Å²) in [5.74, 6) is -0.755. The van der Waals surface area contributed by atoms with Crippen LogP contribution in [0.15, 0.2) is 48.5 Å². The summed E-state index contributed by atoms with van der Waals surface area (Å²) in [5, 5.41) is 2.73. The summed E-state index contributed by atoms with van der Waals surface area (Å²) in [7, 11) is 0. The van der Waals surface area contributed by atoms with Crippen LogP contribution in [0.1, 0.15) is 18.1 Å². The third-order valence-corrected chi connectivity index (χ3v) is 3.66. The van der Waals surface area contributed by atoms with Gasteiger partial charge in [-0.15, -0.1) is 0 Å². The van der Waals surface area contributed by atoms with Crippen molar-refractivity contribution in [2.45, 2.75) is 20.3 Å². The summed E-state index contributed by atoms with van der Waals surface area (Å²) in [4.78, 5) is 25.4. The van der Waals surface area contributed by atoms with E-state index in [1.54, 1.807) is 23.1 Å². The first-order valence-corrected chi connectivity index (χ1v) is 7.82. The van der Waals surface area contributed by atoms with Crippen molar-refractivity contribution in [2.75, 3.05) is 18.0 Å². The van der Waals surface area contributed by atoms with Crippen LogP contribution in [0.4, 0.5) is 10.1 Å². The Hall–Kier alpha value is -2.69.